The Morgan fingerprint density at radius 3 is 2.87 bits per heavy atom. The molecule has 1 aliphatic heterocycles. The number of carbonyl (C=O) groups excluding carboxylic acids is 1. The van der Waals surface area contributed by atoms with Gasteiger partial charge in [0.2, 0.25) is 0 Å². The monoisotopic (exact) mass is 207 g/mol. The Bertz CT molecular complexity index is 326. The fourth-order valence-electron chi connectivity index (χ4n) is 1.41. The normalized spacial score (nSPS) is 19.7. The van der Waals surface area contributed by atoms with E-state index < -0.39 is 0 Å². The van der Waals surface area contributed by atoms with Crippen molar-refractivity contribution in [2.24, 2.45) is 0 Å². The molecule has 4 heteroatoms. The molecule has 0 radical (unpaired) electrons. The van der Waals surface area contributed by atoms with Crippen molar-refractivity contribution in [3.8, 4) is 0 Å². The van der Waals surface area contributed by atoms with Gasteiger partial charge in [-0.15, -0.1) is 0 Å². The zero-order valence-electron chi connectivity index (χ0n) is 8.31. The first-order valence-electron chi connectivity index (χ1n) is 4.91. The Labute approximate surface area is 88.2 Å². The topological polar surface area (TPSA) is 47.6 Å². The summed E-state index contributed by atoms with van der Waals surface area (Å²) in [4.78, 5) is 10.7. The van der Waals surface area contributed by atoms with Crippen LogP contribution in [-0.4, -0.2) is 25.3 Å². The molecule has 15 heavy (non-hydrogen) atoms. The van der Waals surface area contributed by atoms with E-state index in [-0.39, 0.29) is 12.2 Å². The lowest BCUT2D eigenvalue weighted by atomic mass is 10.2. The molecule has 1 heterocycles. The summed E-state index contributed by atoms with van der Waals surface area (Å²) >= 11 is 0. The van der Waals surface area contributed by atoms with Crippen LogP contribution in [0.15, 0.2) is 30.3 Å². The highest BCUT2D eigenvalue weighted by molar-refractivity contribution is 5.69. The smallest absolute Gasteiger partial charge is 0.407 e. The summed E-state index contributed by atoms with van der Waals surface area (Å²) in [6.45, 7) is 1.52. The first kappa shape index (κ1) is 9.98. The van der Waals surface area contributed by atoms with Gasteiger partial charge in [-0.2, -0.15) is 0 Å². The Hall–Kier alpha value is -1.55. The predicted molar refractivity (Wildman–Crippen MR) is 54.4 cm³/mol. The Morgan fingerprint density at radius 2 is 2.20 bits per heavy atom. The average molecular weight is 207 g/mol. The lowest BCUT2D eigenvalue weighted by Crippen LogP contribution is -2.20. The molecular weight excluding hydrogens is 194 g/mol. The molecule has 0 aromatic heterocycles. The molecule has 1 fully saturated rings. The fraction of sp³-hybridized carbons (Fsp3) is 0.364. The van der Waals surface area contributed by atoms with Gasteiger partial charge in [0.1, 0.15) is 6.10 Å². The SMILES string of the molecule is O=C1NC[C@H](COCc2ccccc2)O1. The van der Waals surface area contributed by atoms with Crippen molar-refractivity contribution in [3.05, 3.63) is 35.9 Å². The van der Waals surface area contributed by atoms with Gasteiger partial charge in [0, 0.05) is 0 Å². The van der Waals surface area contributed by atoms with Crippen LogP contribution in [0.1, 0.15) is 5.56 Å². The quantitative estimate of drug-likeness (QED) is 0.809. The largest absolute Gasteiger partial charge is 0.442 e. The van der Waals surface area contributed by atoms with Crippen LogP contribution in [-0.2, 0) is 16.1 Å². The molecule has 1 N–H and O–H groups in total. The van der Waals surface area contributed by atoms with Gasteiger partial charge >= 0.3 is 6.09 Å². The molecule has 0 spiro atoms. The van der Waals surface area contributed by atoms with Crippen molar-refractivity contribution in [2.45, 2.75) is 12.7 Å². The molecule has 0 unspecified atom stereocenters. The second-order valence-corrected chi connectivity index (χ2v) is 3.41. The number of carbonyl (C=O) groups is 1. The van der Waals surface area contributed by atoms with Crippen molar-refractivity contribution in [1.82, 2.24) is 5.32 Å². The maximum absolute atomic E-state index is 10.7. The first-order valence-corrected chi connectivity index (χ1v) is 4.91. The van der Waals surface area contributed by atoms with Gasteiger partial charge in [0.25, 0.3) is 0 Å². The highest BCUT2D eigenvalue weighted by atomic mass is 16.6. The third-order valence-electron chi connectivity index (χ3n) is 2.16. The van der Waals surface area contributed by atoms with E-state index in [0.29, 0.717) is 19.8 Å². The molecule has 0 saturated carbocycles. The van der Waals surface area contributed by atoms with Gasteiger partial charge in [-0.25, -0.2) is 4.79 Å². The molecule has 0 aliphatic carbocycles. The third kappa shape index (κ3) is 2.95. The van der Waals surface area contributed by atoms with Crippen LogP contribution in [0.25, 0.3) is 0 Å². The maximum Gasteiger partial charge on any atom is 0.407 e. The average Bonchev–Trinajstić information content (AvgIpc) is 2.66. The van der Waals surface area contributed by atoms with E-state index in [4.69, 9.17) is 9.47 Å². The highest BCUT2D eigenvalue weighted by Gasteiger charge is 2.22. The molecule has 1 atom stereocenters. The zero-order chi connectivity index (χ0) is 10.5. The third-order valence-corrected chi connectivity index (χ3v) is 2.16. The molecule has 1 saturated heterocycles. The van der Waals surface area contributed by atoms with E-state index in [0.717, 1.165) is 5.56 Å². The minimum absolute atomic E-state index is 0.152. The van der Waals surface area contributed by atoms with E-state index in [9.17, 15) is 4.79 Å². The number of hydrogen-bond donors (Lipinski definition) is 1. The minimum Gasteiger partial charge on any atom is -0.442 e. The lowest BCUT2D eigenvalue weighted by Gasteiger charge is -2.08. The van der Waals surface area contributed by atoms with Crippen LogP contribution in [0.2, 0.25) is 0 Å². The molecule has 4 nitrogen and oxygen atoms in total. The molecule has 1 aromatic rings. The molecule has 2 rings (SSSR count). The maximum atomic E-state index is 10.7. The molecular formula is C11H13NO3. The minimum atomic E-state index is -0.358. The van der Waals surface area contributed by atoms with Crippen molar-refractivity contribution in [2.75, 3.05) is 13.2 Å². The van der Waals surface area contributed by atoms with Crippen molar-refractivity contribution >= 4 is 6.09 Å². The van der Waals surface area contributed by atoms with Crippen LogP contribution in [0, 0.1) is 0 Å². The molecule has 0 bridgehead atoms. The van der Waals surface area contributed by atoms with Gasteiger partial charge in [0.05, 0.1) is 19.8 Å². The molecule has 1 amide bonds. The summed E-state index contributed by atoms with van der Waals surface area (Å²) in [6, 6.07) is 9.90. The second-order valence-electron chi connectivity index (χ2n) is 3.41. The van der Waals surface area contributed by atoms with Crippen LogP contribution in [0.4, 0.5) is 4.79 Å². The summed E-state index contributed by atoms with van der Waals surface area (Å²) in [5, 5.41) is 2.58. The number of benzene rings is 1. The summed E-state index contributed by atoms with van der Waals surface area (Å²) in [6.07, 6.45) is -0.510. The van der Waals surface area contributed by atoms with E-state index in [1.165, 1.54) is 0 Å². The van der Waals surface area contributed by atoms with Crippen molar-refractivity contribution in [3.63, 3.8) is 0 Å². The van der Waals surface area contributed by atoms with Gasteiger partial charge < -0.3 is 14.8 Å². The number of nitrogens with one attached hydrogen (secondary N) is 1. The highest BCUT2D eigenvalue weighted by Crippen LogP contribution is 2.04. The van der Waals surface area contributed by atoms with E-state index in [1.807, 2.05) is 30.3 Å². The number of amides is 1. The predicted octanol–water partition coefficient (Wildman–Crippen LogP) is 1.31. The number of hydrogen-bond acceptors (Lipinski definition) is 3. The van der Waals surface area contributed by atoms with Gasteiger partial charge in [-0.1, -0.05) is 30.3 Å². The number of rotatable bonds is 4. The van der Waals surface area contributed by atoms with Crippen LogP contribution in [0.3, 0.4) is 0 Å². The number of cyclic esters (lactones) is 1. The summed E-state index contributed by atoms with van der Waals surface area (Å²) in [5.74, 6) is 0. The standard InChI is InChI=1S/C11H13NO3/c13-11-12-6-10(15-11)8-14-7-9-4-2-1-3-5-9/h1-5,10H,6-8H2,(H,12,13)/t10-/m1/s1. The fourth-order valence-corrected chi connectivity index (χ4v) is 1.41. The van der Waals surface area contributed by atoms with Gasteiger partial charge in [-0.05, 0) is 5.56 Å². The Morgan fingerprint density at radius 1 is 1.40 bits per heavy atom. The Kier molecular flexibility index (Phi) is 3.19. The number of ether oxygens (including phenoxy) is 2. The lowest BCUT2D eigenvalue weighted by molar-refractivity contribution is 0.0381. The Balaban J connectivity index is 1.69. The van der Waals surface area contributed by atoms with Crippen LogP contribution >= 0.6 is 0 Å². The molecule has 1 aliphatic rings. The summed E-state index contributed by atoms with van der Waals surface area (Å²) < 4.78 is 10.4. The van der Waals surface area contributed by atoms with Gasteiger partial charge in [0.15, 0.2) is 0 Å². The van der Waals surface area contributed by atoms with E-state index >= 15 is 0 Å². The number of alkyl carbamates (subject to hydrolysis) is 1. The summed E-state index contributed by atoms with van der Waals surface area (Å²) in [7, 11) is 0. The zero-order valence-corrected chi connectivity index (χ0v) is 8.31. The van der Waals surface area contributed by atoms with E-state index in [1.54, 1.807) is 0 Å². The molecule has 80 valence electrons. The molecule has 1 aromatic carbocycles. The van der Waals surface area contributed by atoms with Crippen molar-refractivity contribution < 1.29 is 14.3 Å². The second kappa shape index (κ2) is 4.79. The van der Waals surface area contributed by atoms with E-state index in [2.05, 4.69) is 5.32 Å². The van der Waals surface area contributed by atoms with Crippen LogP contribution < -0.4 is 5.32 Å². The first-order chi connectivity index (χ1) is 7.34. The van der Waals surface area contributed by atoms with Gasteiger partial charge in [-0.3, -0.25) is 0 Å². The summed E-state index contributed by atoms with van der Waals surface area (Å²) in [5.41, 5.74) is 1.12. The van der Waals surface area contributed by atoms with Crippen molar-refractivity contribution in [1.29, 1.82) is 0 Å². The van der Waals surface area contributed by atoms with Crippen LogP contribution in [0.5, 0.6) is 0 Å².